The molecule has 3 nitrogen and oxygen atoms in total. The van der Waals surface area contributed by atoms with Crippen molar-refractivity contribution in [2.45, 2.75) is 6.42 Å². The third-order valence-electron chi connectivity index (χ3n) is 3.54. The molecule has 0 saturated carbocycles. The van der Waals surface area contributed by atoms with E-state index in [0.717, 1.165) is 12.1 Å². The Hall–Kier alpha value is -2.08. The Morgan fingerprint density at radius 1 is 0.870 bits per heavy atom. The fourth-order valence-corrected chi connectivity index (χ4v) is 2.41. The first-order chi connectivity index (χ1) is 10.8. The van der Waals surface area contributed by atoms with Crippen LogP contribution in [-0.2, 0) is 6.42 Å². The molecule has 0 atom stereocenters. The van der Waals surface area contributed by atoms with E-state index in [1.54, 1.807) is 0 Å². The molecular weight excluding hydrogens is 397 g/mol. The monoisotopic (exact) mass is 417 g/mol. The maximum absolute atomic E-state index is 5.90. The number of halogens is 1. The molecule has 118 valence electrons. The summed E-state index contributed by atoms with van der Waals surface area (Å²) >= 11 is 0. The molecule has 3 rings (SSSR count). The van der Waals surface area contributed by atoms with Crippen molar-refractivity contribution in [1.82, 2.24) is 0 Å². The topological polar surface area (TPSA) is 50.4 Å². The first-order valence-electron chi connectivity index (χ1n) is 7.41. The van der Waals surface area contributed by atoms with E-state index in [2.05, 4.69) is 52.8 Å². The molecule has 3 aromatic carbocycles. The number of benzene rings is 3. The standard InChI is InChI=1S/C19H19N3.HI/c20-19(22-18-8-2-1-3-9-18)21-13-12-15-10-11-16-6-4-5-7-17(16)14-15;/h1-11,14H,12-13H2,(H3,20,21,22);1H. The zero-order valence-corrected chi connectivity index (χ0v) is 15.1. The van der Waals surface area contributed by atoms with Gasteiger partial charge in [0.2, 0.25) is 0 Å². The van der Waals surface area contributed by atoms with Crippen molar-refractivity contribution in [3.8, 4) is 0 Å². The quantitative estimate of drug-likeness (QED) is 0.375. The van der Waals surface area contributed by atoms with Crippen LogP contribution in [0.5, 0.6) is 0 Å². The van der Waals surface area contributed by atoms with Crippen molar-refractivity contribution >= 4 is 46.4 Å². The largest absolute Gasteiger partial charge is 0.370 e. The summed E-state index contributed by atoms with van der Waals surface area (Å²) in [4.78, 5) is 4.38. The number of hydrogen-bond donors (Lipinski definition) is 2. The number of nitrogens with one attached hydrogen (secondary N) is 1. The summed E-state index contributed by atoms with van der Waals surface area (Å²) in [5, 5.41) is 5.61. The van der Waals surface area contributed by atoms with Gasteiger partial charge in [0.1, 0.15) is 0 Å². The fraction of sp³-hybridized carbons (Fsp3) is 0.105. The summed E-state index contributed by atoms with van der Waals surface area (Å²) in [6.07, 6.45) is 0.877. The maximum Gasteiger partial charge on any atom is 0.193 e. The number of fused-ring (bicyclic) bond motifs is 1. The van der Waals surface area contributed by atoms with Crippen LogP contribution in [0.3, 0.4) is 0 Å². The smallest absolute Gasteiger partial charge is 0.193 e. The second-order valence-electron chi connectivity index (χ2n) is 5.19. The van der Waals surface area contributed by atoms with Gasteiger partial charge >= 0.3 is 0 Å². The van der Waals surface area contributed by atoms with Crippen LogP contribution in [0.2, 0.25) is 0 Å². The van der Waals surface area contributed by atoms with E-state index in [1.807, 2.05) is 30.3 Å². The summed E-state index contributed by atoms with van der Waals surface area (Å²) in [6, 6.07) is 24.7. The van der Waals surface area contributed by atoms with Gasteiger partial charge in [-0.15, -0.1) is 24.0 Å². The Labute approximate surface area is 153 Å². The van der Waals surface area contributed by atoms with E-state index < -0.39 is 0 Å². The minimum atomic E-state index is 0. The van der Waals surface area contributed by atoms with Gasteiger partial charge in [-0.05, 0) is 34.9 Å². The van der Waals surface area contributed by atoms with Crippen LogP contribution < -0.4 is 11.1 Å². The lowest BCUT2D eigenvalue weighted by atomic mass is 10.1. The molecule has 0 aromatic heterocycles. The van der Waals surface area contributed by atoms with E-state index in [1.165, 1.54) is 16.3 Å². The van der Waals surface area contributed by atoms with Gasteiger partial charge in [0, 0.05) is 12.2 Å². The number of anilines is 1. The molecule has 4 heteroatoms. The molecule has 3 aromatic rings. The minimum absolute atomic E-state index is 0. The van der Waals surface area contributed by atoms with Gasteiger partial charge in [-0.3, -0.25) is 4.99 Å². The van der Waals surface area contributed by atoms with Crippen molar-refractivity contribution in [3.05, 3.63) is 78.4 Å². The van der Waals surface area contributed by atoms with Gasteiger partial charge < -0.3 is 11.1 Å². The molecule has 0 aliphatic carbocycles. The predicted molar refractivity (Wildman–Crippen MR) is 110 cm³/mol. The van der Waals surface area contributed by atoms with Crippen LogP contribution in [0, 0.1) is 0 Å². The van der Waals surface area contributed by atoms with Gasteiger partial charge in [-0.2, -0.15) is 0 Å². The molecule has 0 radical (unpaired) electrons. The molecule has 23 heavy (non-hydrogen) atoms. The lowest BCUT2D eigenvalue weighted by Crippen LogP contribution is -2.23. The number of hydrogen-bond acceptors (Lipinski definition) is 1. The normalized spacial score (nSPS) is 11.0. The second-order valence-corrected chi connectivity index (χ2v) is 5.19. The molecule has 0 unspecified atom stereocenters. The van der Waals surface area contributed by atoms with Gasteiger partial charge in [0.15, 0.2) is 5.96 Å². The van der Waals surface area contributed by atoms with Gasteiger partial charge in [0.25, 0.3) is 0 Å². The lowest BCUT2D eigenvalue weighted by molar-refractivity contribution is 0.966. The van der Waals surface area contributed by atoms with Crippen LogP contribution in [-0.4, -0.2) is 12.5 Å². The van der Waals surface area contributed by atoms with E-state index in [4.69, 9.17) is 5.73 Å². The summed E-state index contributed by atoms with van der Waals surface area (Å²) in [7, 11) is 0. The molecule has 0 heterocycles. The third-order valence-corrected chi connectivity index (χ3v) is 3.54. The SMILES string of the molecule is I.NC(=NCCc1ccc2ccccc2c1)Nc1ccccc1. The Balaban J connectivity index is 0.00000192. The van der Waals surface area contributed by atoms with Gasteiger partial charge in [0.05, 0.1) is 0 Å². The number of nitrogens with zero attached hydrogens (tertiary/aromatic N) is 1. The summed E-state index contributed by atoms with van der Waals surface area (Å²) < 4.78 is 0. The van der Waals surface area contributed by atoms with Crippen LogP contribution >= 0.6 is 24.0 Å². The Kier molecular flexibility index (Phi) is 6.40. The highest BCUT2D eigenvalue weighted by atomic mass is 127. The van der Waals surface area contributed by atoms with Crippen molar-refractivity contribution in [2.24, 2.45) is 10.7 Å². The summed E-state index contributed by atoms with van der Waals surface area (Å²) in [5.41, 5.74) is 8.13. The van der Waals surface area contributed by atoms with Crippen LogP contribution in [0.25, 0.3) is 10.8 Å². The van der Waals surface area contributed by atoms with Crippen molar-refractivity contribution in [3.63, 3.8) is 0 Å². The molecule has 0 fully saturated rings. The number of aliphatic imine (C=N–C) groups is 1. The average Bonchev–Trinajstić information content (AvgIpc) is 2.55. The number of nitrogens with two attached hydrogens (primary N) is 1. The summed E-state index contributed by atoms with van der Waals surface area (Å²) in [5.74, 6) is 0.451. The van der Waals surface area contributed by atoms with E-state index in [0.29, 0.717) is 12.5 Å². The van der Waals surface area contributed by atoms with Crippen molar-refractivity contribution < 1.29 is 0 Å². The van der Waals surface area contributed by atoms with Crippen molar-refractivity contribution in [1.29, 1.82) is 0 Å². The molecule has 0 aliphatic rings. The molecule has 3 N–H and O–H groups in total. The first kappa shape index (κ1) is 17.3. The highest BCUT2D eigenvalue weighted by molar-refractivity contribution is 14.0. The fourth-order valence-electron chi connectivity index (χ4n) is 2.41. The summed E-state index contributed by atoms with van der Waals surface area (Å²) in [6.45, 7) is 0.671. The van der Waals surface area contributed by atoms with E-state index >= 15 is 0 Å². The molecular formula is C19H20IN3. The molecule has 0 amide bonds. The molecule has 0 bridgehead atoms. The highest BCUT2D eigenvalue weighted by Crippen LogP contribution is 2.15. The van der Waals surface area contributed by atoms with Crippen LogP contribution in [0.4, 0.5) is 5.69 Å². The van der Waals surface area contributed by atoms with Gasteiger partial charge in [-0.25, -0.2) is 0 Å². The predicted octanol–water partition coefficient (Wildman–Crippen LogP) is 4.43. The first-order valence-corrected chi connectivity index (χ1v) is 7.41. The Morgan fingerprint density at radius 3 is 2.35 bits per heavy atom. The van der Waals surface area contributed by atoms with Crippen LogP contribution in [0.1, 0.15) is 5.56 Å². The Bertz CT molecular complexity index is 785. The van der Waals surface area contributed by atoms with E-state index in [-0.39, 0.29) is 24.0 Å². The lowest BCUT2D eigenvalue weighted by Gasteiger charge is -2.05. The van der Waals surface area contributed by atoms with Gasteiger partial charge in [-0.1, -0.05) is 60.7 Å². The number of rotatable bonds is 4. The van der Waals surface area contributed by atoms with Crippen molar-refractivity contribution in [2.75, 3.05) is 11.9 Å². The van der Waals surface area contributed by atoms with E-state index in [9.17, 15) is 0 Å². The molecule has 0 spiro atoms. The molecule has 0 saturated heterocycles. The highest BCUT2D eigenvalue weighted by Gasteiger charge is 1.97. The Morgan fingerprint density at radius 2 is 1.57 bits per heavy atom. The average molecular weight is 417 g/mol. The second kappa shape index (κ2) is 8.53. The zero-order chi connectivity index (χ0) is 15.2. The number of para-hydroxylation sites is 1. The minimum Gasteiger partial charge on any atom is -0.370 e. The molecule has 0 aliphatic heterocycles. The maximum atomic E-state index is 5.90. The zero-order valence-electron chi connectivity index (χ0n) is 12.8. The number of guanidine groups is 1. The third kappa shape index (κ3) is 4.96. The van der Waals surface area contributed by atoms with Crippen LogP contribution in [0.15, 0.2) is 77.8 Å².